The maximum Gasteiger partial charge on any atom is 0.368 e. The summed E-state index contributed by atoms with van der Waals surface area (Å²) in [6.07, 6.45) is 5.43. The van der Waals surface area contributed by atoms with Gasteiger partial charge in [0, 0.05) is 10.6 Å². The summed E-state index contributed by atoms with van der Waals surface area (Å²) in [5.74, 6) is -0.456. The lowest BCUT2D eigenvalue weighted by molar-refractivity contribution is -0.136. The van der Waals surface area contributed by atoms with Crippen LogP contribution in [0.1, 0.15) is 11.1 Å². The van der Waals surface area contributed by atoms with E-state index in [1.165, 1.54) is 0 Å². The monoisotopic (exact) mass is 309 g/mol. The third-order valence-corrected chi connectivity index (χ3v) is 3.42. The average molecular weight is 310 g/mol. The van der Waals surface area contributed by atoms with E-state index in [2.05, 4.69) is 5.16 Å². The van der Waals surface area contributed by atoms with Crippen LogP contribution in [-0.2, 0) is 9.63 Å². The van der Waals surface area contributed by atoms with Crippen molar-refractivity contribution in [3.05, 3.63) is 88.5 Å². The molecule has 3 nitrogen and oxygen atoms in total. The number of allylic oxidation sites excluding steroid dienone is 2. The minimum atomic E-state index is -0.456. The lowest BCUT2D eigenvalue weighted by Crippen LogP contribution is -2.06. The smallest absolute Gasteiger partial charge is 0.312 e. The Bertz CT molecular complexity index is 774. The molecule has 1 heterocycles. The van der Waals surface area contributed by atoms with Gasteiger partial charge in [0.1, 0.15) is 5.71 Å². The predicted molar refractivity (Wildman–Crippen MR) is 87.6 cm³/mol. The van der Waals surface area contributed by atoms with Crippen LogP contribution in [0.5, 0.6) is 0 Å². The Kier molecular flexibility index (Phi) is 4.17. The number of oxime groups is 1. The van der Waals surface area contributed by atoms with Crippen molar-refractivity contribution >= 4 is 29.4 Å². The molecule has 0 atom stereocenters. The molecule has 0 unspecified atom stereocenters. The molecule has 1 aliphatic heterocycles. The summed E-state index contributed by atoms with van der Waals surface area (Å²) in [5, 5.41) is 4.47. The topological polar surface area (TPSA) is 38.7 Å². The van der Waals surface area contributed by atoms with Crippen LogP contribution >= 0.6 is 11.6 Å². The third-order valence-electron chi connectivity index (χ3n) is 3.16. The number of halogens is 1. The molecule has 4 heteroatoms. The molecule has 0 fully saturated rings. The molecule has 0 saturated carbocycles. The summed E-state index contributed by atoms with van der Waals surface area (Å²) < 4.78 is 0. The molecular weight excluding hydrogens is 298 g/mol. The lowest BCUT2D eigenvalue weighted by atomic mass is 10.0. The quantitative estimate of drug-likeness (QED) is 0.628. The van der Waals surface area contributed by atoms with Crippen LogP contribution in [0, 0.1) is 0 Å². The Morgan fingerprint density at radius 2 is 1.73 bits per heavy atom. The fourth-order valence-corrected chi connectivity index (χ4v) is 2.19. The molecule has 0 amide bonds. The van der Waals surface area contributed by atoms with Gasteiger partial charge in [-0.25, -0.2) is 4.79 Å². The number of rotatable bonds is 3. The number of hydrogen-bond acceptors (Lipinski definition) is 3. The summed E-state index contributed by atoms with van der Waals surface area (Å²) in [7, 11) is 0. The van der Waals surface area contributed by atoms with Gasteiger partial charge < -0.3 is 4.84 Å². The van der Waals surface area contributed by atoms with Gasteiger partial charge in [0.2, 0.25) is 0 Å². The summed E-state index contributed by atoms with van der Waals surface area (Å²) in [6.45, 7) is 0. The van der Waals surface area contributed by atoms with Gasteiger partial charge in [-0.1, -0.05) is 71.4 Å². The number of nitrogens with zero attached hydrogens (tertiary/aromatic N) is 1. The van der Waals surface area contributed by atoms with Crippen molar-refractivity contribution in [3.63, 3.8) is 0 Å². The summed E-state index contributed by atoms with van der Waals surface area (Å²) in [5.41, 5.74) is 2.78. The predicted octanol–water partition coefficient (Wildman–Crippen LogP) is 4.24. The summed E-state index contributed by atoms with van der Waals surface area (Å²) >= 11 is 5.87. The highest BCUT2D eigenvalue weighted by Crippen LogP contribution is 2.20. The molecule has 0 radical (unpaired) electrons. The van der Waals surface area contributed by atoms with Crippen LogP contribution in [0.3, 0.4) is 0 Å². The SMILES string of the molecule is O=C1ON=C(c2ccc(Cl)cc2)/C1=C\C=C\c1ccccc1. The number of benzene rings is 2. The second-order valence-electron chi connectivity index (χ2n) is 4.68. The highest BCUT2D eigenvalue weighted by molar-refractivity contribution is 6.31. The molecule has 0 aromatic heterocycles. The second-order valence-corrected chi connectivity index (χ2v) is 5.11. The molecule has 0 N–H and O–H groups in total. The molecule has 108 valence electrons. The van der Waals surface area contributed by atoms with E-state index in [4.69, 9.17) is 16.4 Å². The fraction of sp³-hybridized carbons (Fsp3) is 0. The van der Waals surface area contributed by atoms with Gasteiger partial charge in [0.15, 0.2) is 0 Å². The highest BCUT2D eigenvalue weighted by atomic mass is 35.5. The first-order chi connectivity index (χ1) is 10.7. The normalized spacial score (nSPS) is 16.1. The highest BCUT2D eigenvalue weighted by Gasteiger charge is 2.25. The van der Waals surface area contributed by atoms with E-state index in [1.54, 1.807) is 30.3 Å². The standard InChI is InChI=1S/C18H12ClNO2/c19-15-11-9-14(10-12-15)17-16(18(21)22-20-17)8-4-7-13-5-2-1-3-6-13/h1-12H/b7-4+,16-8+. The van der Waals surface area contributed by atoms with Gasteiger partial charge in [-0.05, 0) is 23.8 Å². The third kappa shape index (κ3) is 3.15. The van der Waals surface area contributed by atoms with E-state index in [-0.39, 0.29) is 0 Å². The fourth-order valence-electron chi connectivity index (χ4n) is 2.06. The zero-order chi connectivity index (χ0) is 15.4. The van der Waals surface area contributed by atoms with Crippen molar-refractivity contribution < 1.29 is 9.63 Å². The Morgan fingerprint density at radius 1 is 1.00 bits per heavy atom. The van der Waals surface area contributed by atoms with Crippen molar-refractivity contribution in [1.29, 1.82) is 0 Å². The van der Waals surface area contributed by atoms with Crippen LogP contribution in [0.25, 0.3) is 6.08 Å². The van der Waals surface area contributed by atoms with Crippen LogP contribution in [-0.4, -0.2) is 11.7 Å². The number of carbonyl (C=O) groups is 1. The van der Waals surface area contributed by atoms with Crippen LogP contribution in [0.15, 0.2) is 77.5 Å². The van der Waals surface area contributed by atoms with Crippen LogP contribution in [0.4, 0.5) is 0 Å². The molecule has 0 bridgehead atoms. The largest absolute Gasteiger partial charge is 0.368 e. The number of hydrogen-bond donors (Lipinski definition) is 0. The summed E-state index contributed by atoms with van der Waals surface area (Å²) in [4.78, 5) is 16.6. The molecule has 0 spiro atoms. The molecule has 22 heavy (non-hydrogen) atoms. The van der Waals surface area contributed by atoms with Crippen molar-refractivity contribution in [2.75, 3.05) is 0 Å². The first-order valence-electron chi connectivity index (χ1n) is 6.73. The van der Waals surface area contributed by atoms with E-state index < -0.39 is 5.97 Å². The zero-order valence-corrected chi connectivity index (χ0v) is 12.3. The van der Waals surface area contributed by atoms with Crippen molar-refractivity contribution in [2.45, 2.75) is 0 Å². The Morgan fingerprint density at radius 3 is 2.45 bits per heavy atom. The maximum absolute atomic E-state index is 11.8. The first-order valence-corrected chi connectivity index (χ1v) is 7.11. The average Bonchev–Trinajstić information content (AvgIpc) is 2.90. The number of carbonyl (C=O) groups excluding carboxylic acids is 1. The van der Waals surface area contributed by atoms with E-state index >= 15 is 0 Å². The summed E-state index contributed by atoms with van der Waals surface area (Å²) in [6, 6.07) is 16.9. The molecule has 3 rings (SSSR count). The molecule has 2 aromatic carbocycles. The second kappa shape index (κ2) is 6.41. The van der Waals surface area contributed by atoms with Gasteiger partial charge in [-0.3, -0.25) is 0 Å². The zero-order valence-electron chi connectivity index (χ0n) is 11.6. The molecular formula is C18H12ClNO2. The van der Waals surface area contributed by atoms with E-state index in [1.807, 2.05) is 42.5 Å². The molecule has 0 saturated heterocycles. The Balaban J connectivity index is 1.86. The van der Waals surface area contributed by atoms with Gasteiger partial charge >= 0.3 is 5.97 Å². The Labute approximate surface area is 133 Å². The van der Waals surface area contributed by atoms with Gasteiger partial charge in [-0.15, -0.1) is 0 Å². The minimum absolute atomic E-state index is 0.425. The van der Waals surface area contributed by atoms with Crippen molar-refractivity contribution in [2.24, 2.45) is 5.16 Å². The van der Waals surface area contributed by atoms with Crippen molar-refractivity contribution in [3.8, 4) is 0 Å². The molecule has 0 aliphatic carbocycles. The minimum Gasteiger partial charge on any atom is -0.312 e. The maximum atomic E-state index is 11.8. The lowest BCUT2D eigenvalue weighted by Gasteiger charge is -1.99. The van der Waals surface area contributed by atoms with Gasteiger partial charge in [0.25, 0.3) is 0 Å². The van der Waals surface area contributed by atoms with Crippen molar-refractivity contribution in [1.82, 2.24) is 0 Å². The molecule has 2 aromatic rings. The first kappa shape index (κ1) is 14.3. The van der Waals surface area contributed by atoms with Gasteiger partial charge in [-0.2, -0.15) is 0 Å². The van der Waals surface area contributed by atoms with Crippen LogP contribution in [0.2, 0.25) is 5.02 Å². The Hall–Kier alpha value is -2.65. The van der Waals surface area contributed by atoms with E-state index in [0.29, 0.717) is 16.3 Å². The van der Waals surface area contributed by atoms with E-state index in [0.717, 1.165) is 11.1 Å². The molecule has 1 aliphatic rings. The van der Waals surface area contributed by atoms with E-state index in [9.17, 15) is 4.79 Å². The van der Waals surface area contributed by atoms with Crippen LogP contribution < -0.4 is 0 Å². The van der Waals surface area contributed by atoms with Gasteiger partial charge in [0.05, 0.1) is 5.57 Å².